The molecule has 210 valence electrons. The number of nitrogen functional groups attached to an aromatic ring is 1. The van der Waals surface area contributed by atoms with E-state index in [2.05, 4.69) is 5.32 Å². The monoisotopic (exact) mass is 540 g/mol. The number of rotatable bonds is 21. The first-order valence-corrected chi connectivity index (χ1v) is 11.3. The summed E-state index contributed by atoms with van der Waals surface area (Å²) >= 11 is 0. The fourth-order valence-corrected chi connectivity index (χ4v) is 3.27. The minimum absolute atomic E-state index is 0.0222. The largest absolute Gasteiger partial charge is 0.480 e. The summed E-state index contributed by atoms with van der Waals surface area (Å²) in [5.74, 6) is 0.704. The van der Waals surface area contributed by atoms with Crippen molar-refractivity contribution in [2.24, 2.45) is 5.84 Å². The van der Waals surface area contributed by atoms with Crippen LogP contribution in [0, 0.1) is 0 Å². The molecular formula is C22H32N6O10. The number of carbonyl (C=O) groups is 6. The third kappa shape index (κ3) is 13.8. The van der Waals surface area contributed by atoms with Crippen molar-refractivity contribution < 1.29 is 48.8 Å². The number of hydrogen-bond acceptors (Lipinski definition) is 12. The zero-order chi connectivity index (χ0) is 28.5. The highest BCUT2D eigenvalue weighted by molar-refractivity contribution is 5.94. The van der Waals surface area contributed by atoms with E-state index in [1.165, 1.54) is 21.9 Å². The highest BCUT2D eigenvalue weighted by atomic mass is 16.5. The molecule has 0 saturated carbocycles. The highest BCUT2D eigenvalue weighted by Gasteiger charge is 2.18. The molecular weight excluding hydrogens is 508 g/mol. The summed E-state index contributed by atoms with van der Waals surface area (Å²) in [6.45, 7) is -1.42. The van der Waals surface area contributed by atoms with Gasteiger partial charge in [0.15, 0.2) is 5.78 Å². The van der Waals surface area contributed by atoms with Gasteiger partial charge in [-0.2, -0.15) is 0 Å². The summed E-state index contributed by atoms with van der Waals surface area (Å²) in [6, 6.07) is 6.18. The van der Waals surface area contributed by atoms with Crippen LogP contribution in [0.5, 0.6) is 0 Å². The SMILES string of the molecule is NNC(=O)c1ccc(NCC(=O)CN(CCN(CCN(CC(=O)O)CC(=O)O)COC=O)CC(=O)O)cc1. The molecule has 16 nitrogen and oxygen atoms in total. The number of ketones is 1. The number of nitrogens with zero attached hydrogens (tertiary/aromatic N) is 3. The standard InChI is InChI=1S/C22H32N6O10/c23-25-22(37)16-1-3-17(4-2-16)24-9-18(30)10-27(11-19(31)32)7-5-26(14-38-15-29)6-8-28(12-20(33)34)13-21(35)36/h1-4,15,24H,5-14,23H2,(H,25,37)(H,31,32)(H,33,34)(H,35,36). The third-order valence-electron chi connectivity index (χ3n) is 5.03. The van der Waals surface area contributed by atoms with E-state index in [1.54, 1.807) is 17.0 Å². The van der Waals surface area contributed by atoms with Crippen molar-refractivity contribution in [3.05, 3.63) is 29.8 Å². The van der Waals surface area contributed by atoms with E-state index < -0.39 is 43.4 Å². The number of carbonyl (C=O) groups excluding carboxylic acids is 3. The average Bonchev–Trinajstić information content (AvgIpc) is 2.85. The number of ether oxygens (including phenoxy) is 1. The van der Waals surface area contributed by atoms with E-state index in [0.717, 1.165) is 0 Å². The Morgan fingerprint density at radius 1 is 0.789 bits per heavy atom. The Morgan fingerprint density at radius 3 is 1.71 bits per heavy atom. The molecule has 0 saturated heterocycles. The maximum Gasteiger partial charge on any atom is 0.317 e. The van der Waals surface area contributed by atoms with Gasteiger partial charge in [-0.3, -0.25) is 48.9 Å². The average molecular weight is 541 g/mol. The van der Waals surface area contributed by atoms with E-state index in [-0.39, 0.29) is 58.3 Å². The van der Waals surface area contributed by atoms with Crippen LogP contribution in [0.15, 0.2) is 24.3 Å². The molecule has 0 aliphatic rings. The van der Waals surface area contributed by atoms with Gasteiger partial charge in [0, 0.05) is 37.4 Å². The number of carboxylic acid groups (broad SMARTS) is 3. The van der Waals surface area contributed by atoms with Crippen molar-refractivity contribution in [1.82, 2.24) is 20.1 Å². The van der Waals surface area contributed by atoms with Gasteiger partial charge in [0.05, 0.1) is 32.7 Å². The number of hydrogen-bond donors (Lipinski definition) is 6. The Morgan fingerprint density at radius 2 is 1.26 bits per heavy atom. The topological polar surface area (TPSA) is 232 Å². The molecule has 1 rings (SSSR count). The van der Waals surface area contributed by atoms with Crippen LogP contribution in [0.1, 0.15) is 10.4 Å². The normalized spacial score (nSPS) is 10.8. The molecule has 38 heavy (non-hydrogen) atoms. The van der Waals surface area contributed by atoms with Crippen LogP contribution >= 0.6 is 0 Å². The number of nitrogens with two attached hydrogens (primary N) is 1. The number of nitrogens with one attached hydrogen (secondary N) is 2. The fourth-order valence-electron chi connectivity index (χ4n) is 3.27. The van der Waals surface area contributed by atoms with E-state index in [4.69, 9.17) is 20.8 Å². The van der Waals surface area contributed by atoms with Gasteiger partial charge in [-0.25, -0.2) is 5.84 Å². The minimum Gasteiger partial charge on any atom is -0.480 e. The lowest BCUT2D eigenvalue weighted by atomic mass is 10.2. The van der Waals surface area contributed by atoms with Crippen molar-refractivity contribution in [2.75, 3.05) is 71.0 Å². The van der Waals surface area contributed by atoms with E-state index in [9.17, 15) is 33.9 Å². The number of carboxylic acids is 3. The van der Waals surface area contributed by atoms with E-state index >= 15 is 0 Å². The van der Waals surface area contributed by atoms with Crippen LogP contribution in [0.4, 0.5) is 5.69 Å². The summed E-state index contributed by atoms with van der Waals surface area (Å²) in [7, 11) is 0. The van der Waals surface area contributed by atoms with Gasteiger partial charge in [-0.15, -0.1) is 0 Å². The Hall–Kier alpha value is -4.12. The molecule has 0 spiro atoms. The van der Waals surface area contributed by atoms with Gasteiger partial charge in [-0.1, -0.05) is 0 Å². The summed E-state index contributed by atoms with van der Waals surface area (Å²) in [5.41, 5.74) is 2.89. The van der Waals surface area contributed by atoms with Crippen molar-refractivity contribution >= 4 is 41.8 Å². The molecule has 0 radical (unpaired) electrons. The number of Topliss-reactive ketones (excluding diaryl/α,β-unsaturated/α-hetero) is 1. The maximum atomic E-state index is 12.5. The first kappa shape index (κ1) is 31.9. The smallest absolute Gasteiger partial charge is 0.317 e. The summed E-state index contributed by atoms with van der Waals surface area (Å²) < 4.78 is 4.75. The molecule has 0 unspecified atom stereocenters. The lowest BCUT2D eigenvalue weighted by molar-refractivity contribution is -0.142. The van der Waals surface area contributed by atoms with Gasteiger partial charge in [0.25, 0.3) is 12.4 Å². The molecule has 0 heterocycles. The first-order valence-electron chi connectivity index (χ1n) is 11.3. The zero-order valence-corrected chi connectivity index (χ0v) is 20.6. The Labute approximate surface area is 217 Å². The van der Waals surface area contributed by atoms with Crippen LogP contribution < -0.4 is 16.6 Å². The maximum absolute atomic E-state index is 12.5. The Bertz CT molecular complexity index is 942. The predicted molar refractivity (Wildman–Crippen MR) is 131 cm³/mol. The molecule has 1 amide bonds. The Kier molecular flexibility index (Phi) is 14.6. The number of aliphatic carboxylic acids is 3. The second kappa shape index (κ2) is 17.4. The molecule has 16 heteroatoms. The Balaban J connectivity index is 2.70. The second-order valence-corrected chi connectivity index (χ2v) is 8.06. The van der Waals surface area contributed by atoms with Crippen LogP contribution in [-0.2, 0) is 28.7 Å². The number of benzene rings is 1. The molecule has 0 aliphatic heterocycles. The van der Waals surface area contributed by atoms with Crippen molar-refractivity contribution in [3.63, 3.8) is 0 Å². The molecule has 0 aromatic heterocycles. The molecule has 7 N–H and O–H groups in total. The summed E-state index contributed by atoms with van der Waals surface area (Å²) in [6.07, 6.45) is 0. The predicted octanol–water partition coefficient (Wildman–Crippen LogP) is -2.44. The van der Waals surface area contributed by atoms with Gasteiger partial charge in [0.1, 0.15) is 6.73 Å². The van der Waals surface area contributed by atoms with Gasteiger partial charge < -0.3 is 25.4 Å². The van der Waals surface area contributed by atoms with Gasteiger partial charge >= 0.3 is 17.9 Å². The molecule has 1 aromatic rings. The number of amides is 1. The first-order chi connectivity index (χ1) is 18.0. The zero-order valence-electron chi connectivity index (χ0n) is 20.6. The molecule has 0 bridgehead atoms. The van der Waals surface area contributed by atoms with Crippen LogP contribution in [0.25, 0.3) is 0 Å². The van der Waals surface area contributed by atoms with Crippen LogP contribution in [-0.4, -0.2) is 132 Å². The molecule has 0 fully saturated rings. The highest BCUT2D eigenvalue weighted by Crippen LogP contribution is 2.09. The summed E-state index contributed by atoms with van der Waals surface area (Å²) in [4.78, 5) is 72.0. The fraction of sp³-hybridized carbons (Fsp3) is 0.455. The van der Waals surface area contributed by atoms with Crippen molar-refractivity contribution in [1.29, 1.82) is 0 Å². The molecule has 0 aliphatic carbocycles. The quantitative estimate of drug-likeness (QED) is 0.0312. The third-order valence-corrected chi connectivity index (χ3v) is 5.03. The number of hydrazine groups is 1. The van der Waals surface area contributed by atoms with Crippen molar-refractivity contribution in [3.8, 4) is 0 Å². The number of anilines is 1. The van der Waals surface area contributed by atoms with Crippen LogP contribution in [0.2, 0.25) is 0 Å². The molecule has 0 atom stereocenters. The minimum atomic E-state index is -1.21. The molecule has 1 aromatic carbocycles. The van der Waals surface area contributed by atoms with E-state index in [0.29, 0.717) is 11.3 Å². The van der Waals surface area contributed by atoms with Crippen LogP contribution in [0.3, 0.4) is 0 Å². The van der Waals surface area contributed by atoms with Crippen molar-refractivity contribution in [2.45, 2.75) is 0 Å². The van der Waals surface area contributed by atoms with Gasteiger partial charge in [-0.05, 0) is 24.3 Å². The van der Waals surface area contributed by atoms with Gasteiger partial charge in [0.2, 0.25) is 0 Å². The lowest BCUT2D eigenvalue weighted by Crippen LogP contribution is -2.45. The van der Waals surface area contributed by atoms with E-state index in [1.807, 2.05) is 5.43 Å². The lowest BCUT2D eigenvalue weighted by Gasteiger charge is -2.27. The summed E-state index contributed by atoms with van der Waals surface area (Å²) in [5, 5.41) is 30.1. The second-order valence-electron chi connectivity index (χ2n) is 8.06.